The summed E-state index contributed by atoms with van der Waals surface area (Å²) in [6.45, 7) is 0. The zero-order valence-electron chi connectivity index (χ0n) is 3.55. The second-order valence-electron chi connectivity index (χ2n) is 1.09. The van der Waals surface area contributed by atoms with E-state index in [0.29, 0.717) is 11.4 Å². The molecule has 0 saturated heterocycles. The minimum atomic E-state index is 0.519. The molecule has 0 radical (unpaired) electrons. The van der Waals surface area contributed by atoms with E-state index in [4.69, 9.17) is 0 Å². The summed E-state index contributed by atoms with van der Waals surface area (Å²) in [4.78, 5) is 13.4. The van der Waals surface area contributed by atoms with Gasteiger partial charge in [-0.05, 0) is 0 Å². The highest BCUT2D eigenvalue weighted by Crippen LogP contribution is 2.10. The van der Waals surface area contributed by atoms with E-state index in [1.54, 1.807) is 11.5 Å². The van der Waals surface area contributed by atoms with Crippen molar-refractivity contribution in [3.05, 3.63) is 5.70 Å². The van der Waals surface area contributed by atoms with Crippen LogP contribution in [0.15, 0.2) is 10.7 Å². The first-order valence-electron chi connectivity index (χ1n) is 1.81. The van der Waals surface area contributed by atoms with Crippen molar-refractivity contribution in [2.24, 2.45) is 4.99 Å². The van der Waals surface area contributed by atoms with Gasteiger partial charge in [-0.1, -0.05) is 0 Å². The highest BCUT2D eigenvalue weighted by Gasteiger charge is 1.98. The molecule has 36 valence electrons. The molecular weight excluding hydrogens is 110 g/mol. The van der Waals surface area contributed by atoms with Crippen molar-refractivity contribution in [2.45, 2.75) is 0 Å². The van der Waals surface area contributed by atoms with Gasteiger partial charge in [0.05, 0.1) is 11.3 Å². The van der Waals surface area contributed by atoms with Crippen LogP contribution in [0.1, 0.15) is 0 Å². The zero-order valence-corrected chi connectivity index (χ0v) is 4.36. The summed E-state index contributed by atoms with van der Waals surface area (Å²) >= 11 is 1.52. The zero-order chi connectivity index (χ0) is 5.11. The van der Waals surface area contributed by atoms with Crippen LogP contribution in [-0.2, 0) is 4.79 Å². The standard InChI is InChI=1S/C4H3NOS/c6-1-4-2-7-3-5-4/h3H,2H2. The number of carbonyl (C=O) groups excluding carboxylic acids is 1. The SMILES string of the molecule is O=C=C1CSC=N1. The summed E-state index contributed by atoms with van der Waals surface area (Å²) in [5.74, 6) is 2.41. The number of aliphatic imine (C=N–C) groups is 1. The first-order valence-corrected chi connectivity index (χ1v) is 2.86. The van der Waals surface area contributed by atoms with Gasteiger partial charge in [0.1, 0.15) is 11.6 Å². The summed E-state index contributed by atoms with van der Waals surface area (Å²) < 4.78 is 0. The quantitative estimate of drug-likeness (QED) is 0.427. The van der Waals surface area contributed by atoms with E-state index in [9.17, 15) is 4.79 Å². The Bertz CT molecular complexity index is 146. The van der Waals surface area contributed by atoms with Crippen molar-refractivity contribution in [3.8, 4) is 0 Å². The summed E-state index contributed by atoms with van der Waals surface area (Å²) in [7, 11) is 0. The highest BCUT2D eigenvalue weighted by atomic mass is 32.2. The van der Waals surface area contributed by atoms with Crippen LogP contribution in [0.2, 0.25) is 0 Å². The van der Waals surface area contributed by atoms with Gasteiger partial charge >= 0.3 is 0 Å². The predicted molar refractivity (Wildman–Crippen MR) is 30.2 cm³/mol. The number of hydrogen-bond donors (Lipinski definition) is 0. The molecule has 1 rings (SSSR count). The maximum Gasteiger partial charge on any atom is 0.149 e. The van der Waals surface area contributed by atoms with Crippen LogP contribution in [0.3, 0.4) is 0 Å². The molecule has 1 aliphatic rings. The van der Waals surface area contributed by atoms with E-state index in [2.05, 4.69) is 4.99 Å². The Morgan fingerprint density at radius 3 is 3.14 bits per heavy atom. The summed E-state index contributed by atoms with van der Waals surface area (Å²) in [5, 5.41) is 0. The Hall–Kier alpha value is -0.530. The molecule has 0 atom stereocenters. The Kier molecular flexibility index (Phi) is 1.29. The lowest BCUT2D eigenvalue weighted by Gasteiger charge is -1.73. The second kappa shape index (κ2) is 1.96. The van der Waals surface area contributed by atoms with Gasteiger partial charge in [0, 0.05) is 0 Å². The van der Waals surface area contributed by atoms with Gasteiger partial charge in [0.2, 0.25) is 0 Å². The number of nitrogens with zero attached hydrogens (tertiary/aromatic N) is 1. The van der Waals surface area contributed by atoms with Crippen LogP contribution in [0.25, 0.3) is 0 Å². The fraction of sp³-hybridized carbons (Fsp3) is 0.250. The lowest BCUT2D eigenvalue weighted by Crippen LogP contribution is -1.72. The van der Waals surface area contributed by atoms with Crippen LogP contribution < -0.4 is 0 Å². The molecule has 1 aliphatic heterocycles. The molecule has 0 aromatic carbocycles. The fourth-order valence-corrected chi connectivity index (χ4v) is 0.878. The van der Waals surface area contributed by atoms with E-state index >= 15 is 0 Å². The maximum atomic E-state index is 9.72. The van der Waals surface area contributed by atoms with Crippen LogP contribution in [0.4, 0.5) is 0 Å². The third-order valence-electron chi connectivity index (χ3n) is 0.621. The maximum absolute atomic E-state index is 9.72. The largest absolute Gasteiger partial charge is 0.242 e. The molecule has 0 aliphatic carbocycles. The van der Waals surface area contributed by atoms with E-state index in [1.165, 1.54) is 11.8 Å². The van der Waals surface area contributed by atoms with E-state index in [0.717, 1.165) is 0 Å². The number of thioether (sulfide) groups is 1. The second-order valence-corrected chi connectivity index (χ2v) is 1.93. The van der Waals surface area contributed by atoms with Gasteiger partial charge in [0.25, 0.3) is 0 Å². The van der Waals surface area contributed by atoms with Gasteiger partial charge in [-0.25, -0.2) is 9.79 Å². The predicted octanol–water partition coefficient (Wildman–Crippen LogP) is 0.477. The van der Waals surface area contributed by atoms with Gasteiger partial charge in [0.15, 0.2) is 0 Å². The van der Waals surface area contributed by atoms with Crippen molar-refractivity contribution in [3.63, 3.8) is 0 Å². The number of hydrogen-bond acceptors (Lipinski definition) is 3. The van der Waals surface area contributed by atoms with Crippen LogP contribution in [0, 0.1) is 0 Å². The van der Waals surface area contributed by atoms with Crippen molar-refractivity contribution in [1.82, 2.24) is 0 Å². The lowest BCUT2D eigenvalue weighted by atomic mass is 10.6. The molecule has 2 nitrogen and oxygen atoms in total. The third-order valence-corrected chi connectivity index (χ3v) is 1.32. The summed E-state index contributed by atoms with van der Waals surface area (Å²) in [6.07, 6.45) is 0. The van der Waals surface area contributed by atoms with E-state index in [1.807, 2.05) is 0 Å². The molecule has 0 spiro atoms. The summed E-state index contributed by atoms with van der Waals surface area (Å²) in [6, 6.07) is 0. The van der Waals surface area contributed by atoms with E-state index in [-0.39, 0.29) is 0 Å². The Labute approximate surface area is 45.3 Å². The van der Waals surface area contributed by atoms with Gasteiger partial charge in [-0.3, -0.25) is 0 Å². The molecule has 0 saturated carbocycles. The van der Waals surface area contributed by atoms with Crippen LogP contribution >= 0.6 is 11.8 Å². The Morgan fingerprint density at radius 2 is 2.86 bits per heavy atom. The van der Waals surface area contributed by atoms with Crippen molar-refractivity contribution < 1.29 is 4.79 Å². The Balaban J connectivity index is 2.77. The molecular formula is C4H3NOS. The molecule has 0 bridgehead atoms. The molecule has 0 aromatic rings. The van der Waals surface area contributed by atoms with Gasteiger partial charge in [-0.15, -0.1) is 11.8 Å². The average molecular weight is 113 g/mol. The molecule has 0 unspecified atom stereocenters. The average Bonchev–Trinajstić information content (AvgIpc) is 2.14. The molecule has 0 aromatic heterocycles. The fourth-order valence-electron chi connectivity index (χ4n) is 0.310. The first-order chi connectivity index (χ1) is 3.43. The topological polar surface area (TPSA) is 29.4 Å². The van der Waals surface area contributed by atoms with Gasteiger partial charge in [-0.2, -0.15) is 0 Å². The normalized spacial score (nSPS) is 17.4. The first kappa shape index (κ1) is 4.62. The number of rotatable bonds is 0. The van der Waals surface area contributed by atoms with E-state index < -0.39 is 0 Å². The molecule has 1 heterocycles. The molecule has 0 amide bonds. The van der Waals surface area contributed by atoms with Crippen molar-refractivity contribution in [1.29, 1.82) is 0 Å². The van der Waals surface area contributed by atoms with Crippen molar-refractivity contribution in [2.75, 3.05) is 5.75 Å². The smallest absolute Gasteiger partial charge is 0.149 e. The Morgan fingerprint density at radius 1 is 2.00 bits per heavy atom. The van der Waals surface area contributed by atoms with Gasteiger partial charge < -0.3 is 0 Å². The lowest BCUT2D eigenvalue weighted by molar-refractivity contribution is 0.567. The third kappa shape index (κ3) is 0.918. The molecule has 3 heteroatoms. The van der Waals surface area contributed by atoms with Crippen LogP contribution in [0.5, 0.6) is 0 Å². The molecule has 7 heavy (non-hydrogen) atoms. The molecule has 0 fully saturated rings. The molecule has 0 N–H and O–H groups in total. The van der Waals surface area contributed by atoms with Crippen LogP contribution in [-0.4, -0.2) is 17.2 Å². The minimum Gasteiger partial charge on any atom is -0.242 e. The van der Waals surface area contributed by atoms with Crippen molar-refractivity contribution >= 4 is 23.2 Å². The minimum absolute atomic E-state index is 0.519. The monoisotopic (exact) mass is 113 g/mol. The highest BCUT2D eigenvalue weighted by molar-refractivity contribution is 8.12. The summed E-state index contributed by atoms with van der Waals surface area (Å²) in [5.41, 5.74) is 2.17.